The molecule has 0 radical (unpaired) electrons. The summed E-state index contributed by atoms with van der Waals surface area (Å²) in [6, 6.07) is 0. The van der Waals surface area contributed by atoms with Gasteiger partial charge in [0.25, 0.3) is 0 Å². The summed E-state index contributed by atoms with van der Waals surface area (Å²) in [5.74, 6) is -0.429. The van der Waals surface area contributed by atoms with Crippen molar-refractivity contribution in [1.29, 1.82) is 0 Å². The van der Waals surface area contributed by atoms with Crippen LogP contribution in [-0.4, -0.2) is 25.2 Å². The molecule has 1 aliphatic rings. The summed E-state index contributed by atoms with van der Waals surface area (Å²) in [5.41, 5.74) is 0.878. The monoisotopic (exact) mass is 318 g/mol. The van der Waals surface area contributed by atoms with Crippen molar-refractivity contribution in [1.82, 2.24) is 0 Å². The van der Waals surface area contributed by atoms with Gasteiger partial charge in [-0.3, -0.25) is 9.59 Å². The van der Waals surface area contributed by atoms with Crippen LogP contribution in [0, 0.1) is 11.3 Å². The molecule has 126 valence electrons. The molecule has 0 aromatic heterocycles. The van der Waals surface area contributed by atoms with Gasteiger partial charge in [0.15, 0.2) is 0 Å². The first kappa shape index (κ1) is 18.9. The van der Waals surface area contributed by atoms with Crippen LogP contribution in [0.5, 0.6) is 0 Å². The third-order valence-corrected chi connectivity index (χ3v) is 3.90. The Morgan fingerprint density at radius 3 is 2.30 bits per heavy atom. The van der Waals surface area contributed by atoms with Crippen molar-refractivity contribution in [2.24, 2.45) is 11.3 Å². The van der Waals surface area contributed by atoms with Gasteiger partial charge >= 0.3 is 11.9 Å². The molecule has 0 aliphatic heterocycles. The van der Waals surface area contributed by atoms with E-state index >= 15 is 0 Å². The minimum absolute atomic E-state index is 0.221. The number of ether oxygens (including phenoxy) is 2. The summed E-state index contributed by atoms with van der Waals surface area (Å²) in [7, 11) is 0. The van der Waals surface area contributed by atoms with Crippen LogP contribution in [0.4, 0.5) is 0 Å². The Hall–Kier alpha value is -2.10. The second-order valence-corrected chi connectivity index (χ2v) is 5.97. The van der Waals surface area contributed by atoms with Gasteiger partial charge in [-0.25, -0.2) is 0 Å². The molecule has 4 heteroatoms. The molecule has 4 nitrogen and oxygen atoms in total. The van der Waals surface area contributed by atoms with E-state index in [-0.39, 0.29) is 36.5 Å². The Labute approximate surface area is 138 Å². The predicted octanol–water partition coefficient (Wildman–Crippen LogP) is 3.75. The number of carbonyl (C=O) groups is 2. The highest BCUT2D eigenvalue weighted by atomic mass is 16.5. The zero-order valence-corrected chi connectivity index (χ0v) is 14.0. The van der Waals surface area contributed by atoms with Gasteiger partial charge < -0.3 is 9.47 Å². The van der Waals surface area contributed by atoms with Gasteiger partial charge in [0.1, 0.15) is 13.2 Å². The molecular weight excluding hydrogens is 292 g/mol. The van der Waals surface area contributed by atoms with E-state index in [1.807, 2.05) is 12.2 Å². The number of esters is 2. The van der Waals surface area contributed by atoms with Crippen LogP contribution in [0.25, 0.3) is 0 Å². The van der Waals surface area contributed by atoms with Gasteiger partial charge in [0, 0.05) is 19.3 Å². The zero-order chi connectivity index (χ0) is 17.3. The molecule has 1 rings (SSSR count). The molecule has 1 atom stereocenters. The Morgan fingerprint density at radius 1 is 1.22 bits per heavy atom. The summed E-state index contributed by atoms with van der Waals surface area (Å²) in [6.07, 6.45) is 12.0. The highest BCUT2D eigenvalue weighted by Crippen LogP contribution is 2.46. The summed E-state index contributed by atoms with van der Waals surface area (Å²) >= 11 is 0. The molecule has 0 bridgehead atoms. The lowest BCUT2D eigenvalue weighted by Crippen LogP contribution is -2.31. The van der Waals surface area contributed by atoms with Crippen LogP contribution in [0.2, 0.25) is 0 Å². The van der Waals surface area contributed by atoms with Gasteiger partial charge in [0.2, 0.25) is 0 Å². The Morgan fingerprint density at radius 2 is 1.83 bits per heavy atom. The largest absolute Gasteiger partial charge is 0.465 e. The van der Waals surface area contributed by atoms with Gasteiger partial charge in [-0.15, -0.1) is 6.58 Å². The summed E-state index contributed by atoms with van der Waals surface area (Å²) in [6.45, 7) is 10.7. The molecule has 1 unspecified atom stereocenters. The van der Waals surface area contributed by atoms with Crippen molar-refractivity contribution in [2.45, 2.75) is 33.1 Å². The summed E-state index contributed by atoms with van der Waals surface area (Å²) < 4.78 is 10.5. The standard InChI is InChI=1S/C19H26O4/c1-5-7-9-17-11-19(13-22-15(3)20,14-23-16(4)21)12-18(17)10-8-6-2/h5-7,9-10,17H,1-2,8,11-14H2,3-4H3/b9-7+,18-10-. The Bertz CT molecular complexity index is 495. The molecule has 0 heterocycles. The van der Waals surface area contributed by atoms with E-state index in [0.29, 0.717) is 0 Å². The zero-order valence-electron chi connectivity index (χ0n) is 14.0. The van der Waals surface area contributed by atoms with Crippen molar-refractivity contribution in [3.05, 3.63) is 49.1 Å². The molecule has 23 heavy (non-hydrogen) atoms. The third kappa shape index (κ3) is 6.27. The maximum atomic E-state index is 11.2. The first-order valence-corrected chi connectivity index (χ1v) is 7.78. The smallest absolute Gasteiger partial charge is 0.302 e. The average Bonchev–Trinajstić information content (AvgIpc) is 2.85. The van der Waals surface area contributed by atoms with E-state index < -0.39 is 0 Å². The highest BCUT2D eigenvalue weighted by molar-refractivity contribution is 5.66. The van der Waals surface area contributed by atoms with E-state index in [1.165, 1.54) is 19.4 Å². The Kier molecular flexibility index (Phi) is 7.52. The lowest BCUT2D eigenvalue weighted by Gasteiger charge is -2.27. The molecule has 0 saturated heterocycles. The van der Waals surface area contributed by atoms with E-state index in [4.69, 9.17) is 9.47 Å². The van der Waals surface area contributed by atoms with Gasteiger partial charge in [-0.1, -0.05) is 42.5 Å². The lowest BCUT2D eigenvalue weighted by molar-refractivity contribution is -0.151. The molecule has 0 aromatic rings. The van der Waals surface area contributed by atoms with Crippen molar-refractivity contribution >= 4 is 11.9 Å². The second-order valence-electron chi connectivity index (χ2n) is 5.97. The molecule has 0 spiro atoms. The number of hydrogen-bond acceptors (Lipinski definition) is 4. The SMILES string of the molecule is C=C/C=C/C1CC(COC(C)=O)(COC(C)=O)C/C1=C/CC=C. The van der Waals surface area contributed by atoms with Gasteiger partial charge in [-0.2, -0.15) is 0 Å². The van der Waals surface area contributed by atoms with E-state index in [9.17, 15) is 9.59 Å². The van der Waals surface area contributed by atoms with E-state index in [0.717, 1.165) is 19.3 Å². The topological polar surface area (TPSA) is 52.6 Å². The van der Waals surface area contributed by atoms with Crippen molar-refractivity contribution in [3.8, 4) is 0 Å². The number of carbonyl (C=O) groups excluding carboxylic acids is 2. The maximum absolute atomic E-state index is 11.2. The van der Waals surface area contributed by atoms with Crippen LogP contribution in [-0.2, 0) is 19.1 Å². The first-order valence-electron chi connectivity index (χ1n) is 7.78. The molecule has 1 aliphatic carbocycles. The summed E-state index contributed by atoms with van der Waals surface area (Å²) in [5, 5.41) is 0. The normalized spacial score (nSPS) is 21.3. The Balaban J connectivity index is 3.00. The fourth-order valence-electron chi connectivity index (χ4n) is 2.87. The van der Waals surface area contributed by atoms with E-state index in [1.54, 1.807) is 6.08 Å². The quantitative estimate of drug-likeness (QED) is 0.388. The fraction of sp³-hybridized carbons (Fsp3) is 0.474. The molecule has 0 aromatic carbocycles. The average molecular weight is 318 g/mol. The fourth-order valence-corrected chi connectivity index (χ4v) is 2.87. The first-order chi connectivity index (χ1) is 10.9. The van der Waals surface area contributed by atoms with Crippen LogP contribution >= 0.6 is 0 Å². The highest BCUT2D eigenvalue weighted by Gasteiger charge is 2.43. The summed E-state index contributed by atoms with van der Waals surface area (Å²) in [4.78, 5) is 22.4. The molecule has 0 amide bonds. The van der Waals surface area contributed by atoms with Crippen LogP contribution < -0.4 is 0 Å². The number of allylic oxidation sites excluding steroid dienone is 6. The van der Waals surface area contributed by atoms with Crippen molar-refractivity contribution in [2.75, 3.05) is 13.2 Å². The minimum atomic E-state index is -0.374. The molecule has 1 saturated carbocycles. The van der Waals surface area contributed by atoms with E-state index in [2.05, 4.69) is 25.3 Å². The van der Waals surface area contributed by atoms with Crippen molar-refractivity contribution in [3.63, 3.8) is 0 Å². The van der Waals surface area contributed by atoms with Crippen LogP contribution in [0.1, 0.15) is 33.1 Å². The number of rotatable bonds is 8. The number of hydrogen-bond donors (Lipinski definition) is 0. The molecule has 0 N–H and O–H groups in total. The van der Waals surface area contributed by atoms with Crippen LogP contribution in [0.3, 0.4) is 0 Å². The van der Waals surface area contributed by atoms with Gasteiger partial charge in [-0.05, 0) is 25.2 Å². The minimum Gasteiger partial charge on any atom is -0.465 e. The van der Waals surface area contributed by atoms with Crippen LogP contribution in [0.15, 0.2) is 49.1 Å². The molecule has 1 fully saturated rings. The van der Waals surface area contributed by atoms with Gasteiger partial charge in [0.05, 0.1) is 0 Å². The predicted molar refractivity (Wildman–Crippen MR) is 90.7 cm³/mol. The van der Waals surface area contributed by atoms with Crippen molar-refractivity contribution < 1.29 is 19.1 Å². The molecular formula is C19H26O4. The third-order valence-electron chi connectivity index (χ3n) is 3.90. The second kappa shape index (κ2) is 9.13. The maximum Gasteiger partial charge on any atom is 0.302 e. The lowest BCUT2D eigenvalue weighted by atomic mass is 9.87.